The number of hydrogen-bond donors (Lipinski definition) is 2. The molecular formula is C33H27N9O3. The Morgan fingerprint density at radius 3 is 2.58 bits per heavy atom. The number of rotatable bonds is 5. The highest BCUT2D eigenvalue weighted by molar-refractivity contribution is 5.99. The first-order chi connectivity index (χ1) is 21.8. The minimum atomic E-state index is -0.507. The average Bonchev–Trinajstić information content (AvgIpc) is 3.76. The minimum absolute atomic E-state index is 0.0644. The van der Waals surface area contributed by atoms with E-state index in [4.69, 9.17) is 20.6 Å². The number of nitrogen functional groups attached to an aromatic ring is 1. The maximum Gasteiger partial charge on any atom is 0.281 e. The molecule has 6 heterocycles. The fourth-order valence-electron chi connectivity index (χ4n) is 6.17. The van der Waals surface area contributed by atoms with E-state index in [2.05, 4.69) is 15.0 Å². The monoisotopic (exact) mass is 597 g/mol. The zero-order chi connectivity index (χ0) is 30.9. The van der Waals surface area contributed by atoms with Gasteiger partial charge in [-0.2, -0.15) is 9.77 Å². The molecule has 7 aromatic rings. The van der Waals surface area contributed by atoms with Crippen LogP contribution in [0.5, 0.6) is 11.5 Å². The summed E-state index contributed by atoms with van der Waals surface area (Å²) in [5.74, 6) is 1.19. The molecule has 0 saturated heterocycles. The molecule has 5 aromatic heterocycles. The van der Waals surface area contributed by atoms with E-state index >= 15 is 0 Å². The number of benzene rings is 2. The molecule has 0 spiro atoms. The number of aromatic nitrogens is 8. The van der Waals surface area contributed by atoms with Gasteiger partial charge in [0.05, 0.1) is 16.3 Å². The summed E-state index contributed by atoms with van der Waals surface area (Å²) in [6, 6.07) is 16.5. The first-order valence-electron chi connectivity index (χ1n) is 14.4. The molecule has 45 heavy (non-hydrogen) atoms. The van der Waals surface area contributed by atoms with Crippen molar-refractivity contribution in [2.24, 2.45) is 0 Å². The largest absolute Gasteiger partial charge is 0.504 e. The standard InChI is InChI=1S/C33H27N9O3/c1-33(2)16-22-21(8-9-24(43)29(22)45-33)28-27-30(34)36-18-37-31(27)41(39-28)17-25-38-23-7-5-6-20(19-10-12-35-13-11-19)26(23)32(44)42(25)40-14-3-4-15-40/h3-15,18,43H,16-17H2,1-2H3,(H2,34,36,37). The van der Waals surface area contributed by atoms with Gasteiger partial charge in [-0.25, -0.2) is 19.6 Å². The van der Waals surface area contributed by atoms with Crippen LogP contribution in [0.3, 0.4) is 0 Å². The molecule has 0 unspecified atom stereocenters. The Hall–Kier alpha value is -6.04. The van der Waals surface area contributed by atoms with Crippen molar-refractivity contribution in [1.82, 2.24) is 39.1 Å². The third-order valence-electron chi connectivity index (χ3n) is 8.08. The molecule has 0 fully saturated rings. The number of nitrogens with two attached hydrogens (primary N) is 1. The summed E-state index contributed by atoms with van der Waals surface area (Å²) in [5.41, 5.74) is 10.5. The predicted molar refractivity (Wildman–Crippen MR) is 169 cm³/mol. The number of anilines is 1. The van der Waals surface area contributed by atoms with Crippen molar-refractivity contribution >= 4 is 27.8 Å². The molecule has 12 heteroatoms. The van der Waals surface area contributed by atoms with Crippen molar-refractivity contribution in [2.75, 3.05) is 5.73 Å². The summed E-state index contributed by atoms with van der Waals surface area (Å²) in [5, 5.41) is 16.6. The highest BCUT2D eigenvalue weighted by Crippen LogP contribution is 2.47. The van der Waals surface area contributed by atoms with Crippen LogP contribution in [0.25, 0.3) is 44.3 Å². The lowest BCUT2D eigenvalue weighted by Gasteiger charge is -2.16. The van der Waals surface area contributed by atoms with Gasteiger partial charge in [-0.05, 0) is 67.4 Å². The third kappa shape index (κ3) is 4.21. The van der Waals surface area contributed by atoms with Crippen molar-refractivity contribution in [3.8, 4) is 33.9 Å². The number of nitrogens with zero attached hydrogens (tertiary/aromatic N) is 8. The van der Waals surface area contributed by atoms with Crippen molar-refractivity contribution in [2.45, 2.75) is 32.4 Å². The summed E-state index contributed by atoms with van der Waals surface area (Å²) in [4.78, 5) is 32.3. The van der Waals surface area contributed by atoms with Gasteiger partial charge in [0.2, 0.25) is 0 Å². The Kier molecular flexibility index (Phi) is 5.75. The van der Waals surface area contributed by atoms with Crippen LogP contribution in [0.2, 0.25) is 0 Å². The number of fused-ring (bicyclic) bond motifs is 3. The summed E-state index contributed by atoms with van der Waals surface area (Å²) >= 11 is 0. The average molecular weight is 598 g/mol. The number of aromatic hydroxyl groups is 1. The van der Waals surface area contributed by atoms with E-state index in [1.54, 1.807) is 44.9 Å². The Balaban J connectivity index is 1.35. The molecule has 0 radical (unpaired) electrons. The molecular weight excluding hydrogens is 570 g/mol. The maximum atomic E-state index is 14.4. The molecule has 8 rings (SSSR count). The highest BCUT2D eigenvalue weighted by Gasteiger charge is 2.35. The highest BCUT2D eigenvalue weighted by atomic mass is 16.5. The topological polar surface area (TPSA) is 152 Å². The van der Waals surface area contributed by atoms with Crippen molar-refractivity contribution in [3.63, 3.8) is 0 Å². The number of phenolic OH excluding ortho intramolecular Hbond substituents is 1. The zero-order valence-electron chi connectivity index (χ0n) is 24.4. The van der Waals surface area contributed by atoms with Crippen LogP contribution in [0.15, 0.2) is 90.5 Å². The molecule has 2 aromatic carbocycles. The Morgan fingerprint density at radius 2 is 1.78 bits per heavy atom. The second kappa shape index (κ2) is 9.74. The second-order valence-corrected chi connectivity index (χ2v) is 11.6. The van der Waals surface area contributed by atoms with Crippen LogP contribution >= 0.6 is 0 Å². The van der Waals surface area contributed by atoms with Crippen LogP contribution in [0, 0.1) is 0 Å². The molecule has 1 aliphatic heterocycles. The maximum absolute atomic E-state index is 14.4. The molecule has 0 saturated carbocycles. The molecule has 3 N–H and O–H groups in total. The van der Waals surface area contributed by atoms with E-state index < -0.39 is 5.60 Å². The van der Waals surface area contributed by atoms with Crippen LogP contribution in [0.4, 0.5) is 5.82 Å². The third-order valence-corrected chi connectivity index (χ3v) is 8.08. The van der Waals surface area contributed by atoms with Crippen molar-refractivity contribution < 1.29 is 9.84 Å². The SMILES string of the molecule is CC1(C)Cc2c(-c3nn(Cc4nc5cccc(-c6ccncc6)c5c(=O)n4-n4cccc4)c4ncnc(N)c34)ccc(O)c2O1. The van der Waals surface area contributed by atoms with Crippen LogP contribution in [0.1, 0.15) is 25.2 Å². The van der Waals surface area contributed by atoms with Gasteiger partial charge in [-0.1, -0.05) is 12.1 Å². The van der Waals surface area contributed by atoms with Crippen LogP contribution < -0.4 is 16.0 Å². The lowest BCUT2D eigenvalue weighted by Crippen LogP contribution is -2.31. The quantitative estimate of drug-likeness (QED) is 0.294. The molecule has 222 valence electrons. The van der Waals surface area contributed by atoms with Gasteiger partial charge in [0, 0.05) is 42.3 Å². The second-order valence-electron chi connectivity index (χ2n) is 11.6. The van der Waals surface area contributed by atoms with Gasteiger partial charge < -0.3 is 15.6 Å². The van der Waals surface area contributed by atoms with Crippen molar-refractivity contribution in [1.29, 1.82) is 0 Å². The smallest absolute Gasteiger partial charge is 0.281 e. The first-order valence-corrected chi connectivity index (χ1v) is 14.4. The minimum Gasteiger partial charge on any atom is -0.504 e. The normalized spacial score (nSPS) is 13.7. The van der Waals surface area contributed by atoms with Gasteiger partial charge in [0.25, 0.3) is 5.56 Å². The van der Waals surface area contributed by atoms with E-state index in [0.717, 1.165) is 22.3 Å². The lowest BCUT2D eigenvalue weighted by atomic mass is 9.95. The van der Waals surface area contributed by atoms with Gasteiger partial charge in [-0.3, -0.25) is 14.5 Å². The summed E-state index contributed by atoms with van der Waals surface area (Å²) in [7, 11) is 0. The number of pyridine rings is 1. The van der Waals surface area contributed by atoms with E-state index in [0.29, 0.717) is 45.6 Å². The Labute approximate surface area is 256 Å². The molecule has 0 amide bonds. The molecule has 1 aliphatic rings. The predicted octanol–water partition coefficient (Wildman–Crippen LogP) is 4.43. The summed E-state index contributed by atoms with van der Waals surface area (Å²) in [6.07, 6.45) is 8.94. The first kappa shape index (κ1) is 26.6. The summed E-state index contributed by atoms with van der Waals surface area (Å²) < 4.78 is 11.0. The fourth-order valence-corrected chi connectivity index (χ4v) is 6.17. The molecule has 12 nitrogen and oxygen atoms in total. The zero-order valence-corrected chi connectivity index (χ0v) is 24.4. The fraction of sp³-hybridized carbons (Fsp3) is 0.152. The molecule has 0 aliphatic carbocycles. The van der Waals surface area contributed by atoms with Gasteiger partial charge >= 0.3 is 0 Å². The van der Waals surface area contributed by atoms with Gasteiger partial charge in [-0.15, -0.1) is 0 Å². The summed E-state index contributed by atoms with van der Waals surface area (Å²) in [6.45, 7) is 4.03. The van der Waals surface area contributed by atoms with E-state index in [9.17, 15) is 9.90 Å². The Bertz CT molecular complexity index is 2320. The van der Waals surface area contributed by atoms with Crippen LogP contribution in [-0.2, 0) is 13.0 Å². The Morgan fingerprint density at radius 1 is 0.978 bits per heavy atom. The molecule has 0 atom stereocenters. The number of phenols is 1. The number of hydrogen-bond acceptors (Lipinski definition) is 9. The number of ether oxygens (including phenoxy) is 1. The molecule has 0 bridgehead atoms. The van der Waals surface area contributed by atoms with E-state index in [1.165, 1.54) is 6.33 Å². The van der Waals surface area contributed by atoms with Crippen LogP contribution in [-0.4, -0.2) is 49.8 Å². The van der Waals surface area contributed by atoms with Gasteiger partial charge in [0.1, 0.15) is 30.0 Å². The van der Waals surface area contributed by atoms with Crippen molar-refractivity contribution in [3.05, 3.63) is 107 Å². The van der Waals surface area contributed by atoms with Gasteiger partial charge in [0.15, 0.2) is 23.0 Å². The van der Waals surface area contributed by atoms with E-state index in [1.807, 2.05) is 62.4 Å². The van der Waals surface area contributed by atoms with E-state index in [-0.39, 0.29) is 23.7 Å². The lowest BCUT2D eigenvalue weighted by molar-refractivity contribution is 0.134.